The molecule has 2 rings (SSSR count). The third-order valence-electron chi connectivity index (χ3n) is 2.77. The minimum absolute atomic E-state index is 0.00262. The second-order valence-electron chi connectivity index (χ2n) is 4.32. The van der Waals surface area contributed by atoms with Crippen LogP contribution in [0, 0.1) is 10.1 Å². The van der Waals surface area contributed by atoms with Crippen LogP contribution in [0.25, 0.3) is 0 Å². The van der Waals surface area contributed by atoms with Crippen molar-refractivity contribution in [3.8, 4) is 0 Å². The number of pyridine rings is 1. The lowest BCUT2D eigenvalue weighted by molar-refractivity contribution is -0.384. The summed E-state index contributed by atoms with van der Waals surface area (Å²) in [4.78, 5) is 13.9. The molecule has 2 N–H and O–H groups in total. The van der Waals surface area contributed by atoms with Crippen LogP contribution in [-0.2, 0) is 10.0 Å². The Morgan fingerprint density at radius 2 is 1.86 bits per heavy atom. The molecule has 1 aromatic carbocycles. The minimum atomic E-state index is -3.57. The maximum absolute atomic E-state index is 11.9. The molecule has 9 heteroatoms. The average molecular weight is 322 g/mol. The molecule has 1 heterocycles. The Balaban J connectivity index is 1.83. The van der Waals surface area contributed by atoms with E-state index in [2.05, 4.69) is 15.0 Å². The van der Waals surface area contributed by atoms with E-state index in [1.165, 1.54) is 30.6 Å². The fraction of sp³-hybridized carbons (Fsp3) is 0.154. The summed E-state index contributed by atoms with van der Waals surface area (Å²) < 4.78 is 26.3. The van der Waals surface area contributed by atoms with E-state index in [1.807, 2.05) is 0 Å². The topological polar surface area (TPSA) is 114 Å². The Morgan fingerprint density at radius 3 is 2.45 bits per heavy atom. The molecule has 1 aromatic heterocycles. The molecule has 0 aliphatic rings. The molecular formula is C13H14N4O4S. The third-order valence-corrected chi connectivity index (χ3v) is 4.22. The van der Waals surface area contributed by atoms with Crippen LogP contribution in [0.4, 0.5) is 11.4 Å². The molecule has 0 saturated heterocycles. The van der Waals surface area contributed by atoms with Crippen molar-refractivity contribution in [1.29, 1.82) is 0 Å². The first kappa shape index (κ1) is 15.9. The highest BCUT2D eigenvalue weighted by atomic mass is 32.2. The Hall–Kier alpha value is -2.52. The zero-order chi connectivity index (χ0) is 16.0. The molecule has 0 atom stereocenters. The molecule has 0 bridgehead atoms. The Bertz CT molecular complexity index is 732. The number of non-ortho nitro benzene ring substituents is 1. The zero-order valence-corrected chi connectivity index (χ0v) is 12.3. The Kier molecular flexibility index (Phi) is 5.02. The highest BCUT2D eigenvalue weighted by molar-refractivity contribution is 7.89. The van der Waals surface area contributed by atoms with Gasteiger partial charge in [-0.15, -0.1) is 0 Å². The van der Waals surface area contributed by atoms with Crippen LogP contribution >= 0.6 is 0 Å². The van der Waals surface area contributed by atoms with Crippen LogP contribution in [0.15, 0.2) is 53.7 Å². The van der Waals surface area contributed by atoms with Crippen molar-refractivity contribution in [3.05, 3.63) is 58.9 Å². The van der Waals surface area contributed by atoms with Crippen molar-refractivity contribution in [3.63, 3.8) is 0 Å². The molecule has 0 saturated carbocycles. The van der Waals surface area contributed by atoms with Crippen molar-refractivity contribution in [1.82, 2.24) is 9.71 Å². The summed E-state index contributed by atoms with van der Waals surface area (Å²) in [6.45, 7) is 0.519. The predicted molar refractivity (Wildman–Crippen MR) is 81.0 cm³/mol. The summed E-state index contributed by atoms with van der Waals surface area (Å²) in [5.41, 5.74) is 0.675. The Morgan fingerprint density at radius 1 is 1.14 bits per heavy atom. The van der Waals surface area contributed by atoms with E-state index in [-0.39, 0.29) is 17.1 Å². The first-order valence-electron chi connectivity index (χ1n) is 6.37. The summed E-state index contributed by atoms with van der Waals surface area (Å²) in [5, 5.41) is 13.5. The van der Waals surface area contributed by atoms with Crippen molar-refractivity contribution in [2.45, 2.75) is 4.90 Å². The lowest BCUT2D eigenvalue weighted by atomic mass is 10.3. The molecule has 0 aliphatic heterocycles. The molecule has 0 unspecified atom stereocenters. The largest absolute Gasteiger partial charge is 0.384 e. The number of nitro benzene ring substituents is 1. The standard InChI is InChI=1S/C13H14N4O4S/c18-17(19)12-5-3-11(4-6-12)15-8-9-16-22(20,21)13-2-1-7-14-10-13/h1-7,10,15-16H,8-9H2. The van der Waals surface area contributed by atoms with Crippen LogP contribution in [-0.4, -0.2) is 31.4 Å². The molecule has 22 heavy (non-hydrogen) atoms. The maximum atomic E-state index is 11.9. The van der Waals surface area contributed by atoms with Crippen molar-refractivity contribution < 1.29 is 13.3 Å². The molecule has 0 fully saturated rings. The van der Waals surface area contributed by atoms with Crippen molar-refractivity contribution in [2.75, 3.05) is 18.4 Å². The van der Waals surface area contributed by atoms with E-state index in [1.54, 1.807) is 18.2 Å². The van der Waals surface area contributed by atoms with Crippen LogP contribution in [0.3, 0.4) is 0 Å². The van der Waals surface area contributed by atoms with Crippen molar-refractivity contribution in [2.24, 2.45) is 0 Å². The van der Waals surface area contributed by atoms with E-state index >= 15 is 0 Å². The van der Waals surface area contributed by atoms with Gasteiger partial charge >= 0.3 is 0 Å². The molecule has 116 valence electrons. The first-order chi connectivity index (χ1) is 10.5. The van der Waals surface area contributed by atoms with Gasteiger partial charge in [0.1, 0.15) is 4.90 Å². The fourth-order valence-electron chi connectivity index (χ4n) is 1.68. The number of anilines is 1. The van der Waals surface area contributed by atoms with Gasteiger partial charge < -0.3 is 5.32 Å². The van der Waals surface area contributed by atoms with Crippen LogP contribution in [0.2, 0.25) is 0 Å². The monoisotopic (exact) mass is 322 g/mol. The molecule has 0 radical (unpaired) electrons. The number of benzene rings is 1. The lowest BCUT2D eigenvalue weighted by Crippen LogP contribution is -2.29. The number of nitro groups is 1. The van der Waals surface area contributed by atoms with E-state index in [0.717, 1.165) is 0 Å². The number of sulfonamides is 1. The summed E-state index contributed by atoms with van der Waals surface area (Å²) in [6.07, 6.45) is 2.77. The van der Waals surface area contributed by atoms with Gasteiger partial charge in [-0.05, 0) is 24.3 Å². The van der Waals surface area contributed by atoms with Gasteiger partial charge in [0, 0.05) is 43.3 Å². The number of rotatable bonds is 7. The van der Waals surface area contributed by atoms with Gasteiger partial charge in [0.05, 0.1) is 4.92 Å². The molecule has 0 aliphatic carbocycles. The number of nitrogens with one attached hydrogen (secondary N) is 2. The van der Waals surface area contributed by atoms with Gasteiger partial charge in [-0.2, -0.15) is 0 Å². The normalized spacial score (nSPS) is 11.1. The van der Waals surface area contributed by atoms with Crippen LogP contribution in [0.1, 0.15) is 0 Å². The summed E-state index contributed by atoms with van der Waals surface area (Å²) in [6, 6.07) is 8.88. The molecule has 8 nitrogen and oxygen atoms in total. The first-order valence-corrected chi connectivity index (χ1v) is 7.85. The van der Waals surface area contributed by atoms with Gasteiger partial charge in [-0.3, -0.25) is 15.1 Å². The summed E-state index contributed by atoms with van der Waals surface area (Å²) in [5.74, 6) is 0. The fourth-order valence-corrected chi connectivity index (χ4v) is 2.68. The lowest BCUT2D eigenvalue weighted by Gasteiger charge is -2.08. The number of hydrogen-bond donors (Lipinski definition) is 2. The third kappa shape index (κ3) is 4.24. The van der Waals surface area contributed by atoms with Gasteiger partial charge in [-0.25, -0.2) is 13.1 Å². The predicted octanol–water partition coefficient (Wildman–Crippen LogP) is 1.38. The Labute approximate surface area is 127 Å². The van der Waals surface area contributed by atoms with Gasteiger partial charge in [0.25, 0.3) is 5.69 Å². The van der Waals surface area contributed by atoms with Gasteiger partial charge in [-0.1, -0.05) is 0 Å². The quantitative estimate of drug-likeness (QED) is 0.452. The number of nitrogens with zero attached hydrogens (tertiary/aromatic N) is 2. The zero-order valence-electron chi connectivity index (χ0n) is 11.5. The van der Waals surface area contributed by atoms with E-state index in [9.17, 15) is 18.5 Å². The average Bonchev–Trinajstić information content (AvgIpc) is 2.53. The van der Waals surface area contributed by atoms with Gasteiger partial charge in [0.2, 0.25) is 10.0 Å². The number of hydrogen-bond acceptors (Lipinski definition) is 6. The van der Waals surface area contributed by atoms with E-state index in [0.29, 0.717) is 12.2 Å². The highest BCUT2D eigenvalue weighted by Gasteiger charge is 2.12. The molecule has 0 spiro atoms. The molecular weight excluding hydrogens is 308 g/mol. The van der Waals surface area contributed by atoms with Crippen LogP contribution < -0.4 is 10.0 Å². The van der Waals surface area contributed by atoms with Crippen LogP contribution in [0.5, 0.6) is 0 Å². The summed E-state index contributed by atoms with van der Waals surface area (Å²) in [7, 11) is -3.57. The smallest absolute Gasteiger partial charge is 0.269 e. The number of aromatic nitrogens is 1. The maximum Gasteiger partial charge on any atom is 0.269 e. The minimum Gasteiger partial charge on any atom is -0.384 e. The van der Waals surface area contributed by atoms with E-state index in [4.69, 9.17) is 0 Å². The van der Waals surface area contributed by atoms with E-state index < -0.39 is 14.9 Å². The van der Waals surface area contributed by atoms with Gasteiger partial charge in [0.15, 0.2) is 0 Å². The second kappa shape index (κ2) is 6.96. The SMILES string of the molecule is O=[N+]([O-])c1ccc(NCCNS(=O)(=O)c2cccnc2)cc1. The highest BCUT2D eigenvalue weighted by Crippen LogP contribution is 2.14. The van der Waals surface area contributed by atoms with Crippen molar-refractivity contribution >= 4 is 21.4 Å². The second-order valence-corrected chi connectivity index (χ2v) is 6.08. The molecule has 2 aromatic rings. The molecule has 0 amide bonds. The summed E-state index contributed by atoms with van der Waals surface area (Å²) >= 11 is 0.